The van der Waals surface area contributed by atoms with E-state index in [0.717, 1.165) is 29.9 Å². The van der Waals surface area contributed by atoms with Gasteiger partial charge in [-0.25, -0.2) is 4.79 Å². The van der Waals surface area contributed by atoms with E-state index in [4.69, 9.17) is 19.4 Å². The molecule has 0 spiro atoms. The van der Waals surface area contributed by atoms with Crippen LogP contribution in [0, 0.1) is 0 Å². The third-order valence-corrected chi connectivity index (χ3v) is 5.74. The first kappa shape index (κ1) is 22.2. The number of piperidine rings is 1. The summed E-state index contributed by atoms with van der Waals surface area (Å²) >= 11 is 0. The molecular formula is C22H28N4O6. The first-order valence-corrected chi connectivity index (χ1v) is 10.9. The van der Waals surface area contributed by atoms with Crippen molar-refractivity contribution in [3.05, 3.63) is 35.4 Å². The SMILES string of the molecule is O=C(O)COC1CCN(C(=O)C2CC(c3ccc(C=NN4CCOCC4)cc3)=NO2)CC1. The monoisotopic (exact) mass is 444 g/mol. The van der Waals surface area contributed by atoms with Crippen LogP contribution in [0.3, 0.4) is 0 Å². The van der Waals surface area contributed by atoms with Gasteiger partial charge in [-0.3, -0.25) is 9.80 Å². The summed E-state index contributed by atoms with van der Waals surface area (Å²) in [5.74, 6) is -1.07. The summed E-state index contributed by atoms with van der Waals surface area (Å²) in [5.41, 5.74) is 2.66. The zero-order valence-corrected chi connectivity index (χ0v) is 17.9. The molecule has 0 bridgehead atoms. The number of ether oxygens (including phenoxy) is 2. The molecule has 3 aliphatic rings. The van der Waals surface area contributed by atoms with Crippen molar-refractivity contribution in [1.82, 2.24) is 9.91 Å². The van der Waals surface area contributed by atoms with E-state index in [0.29, 0.717) is 45.6 Å². The van der Waals surface area contributed by atoms with Crippen molar-refractivity contribution in [3.8, 4) is 0 Å². The molecular weight excluding hydrogens is 416 g/mol. The Kier molecular flexibility index (Phi) is 7.33. The van der Waals surface area contributed by atoms with Crippen molar-refractivity contribution in [2.24, 2.45) is 10.3 Å². The quantitative estimate of drug-likeness (QED) is 0.623. The molecule has 0 aromatic heterocycles. The van der Waals surface area contributed by atoms with Gasteiger partial charge in [0.1, 0.15) is 6.61 Å². The van der Waals surface area contributed by atoms with E-state index in [-0.39, 0.29) is 18.6 Å². The molecule has 1 aromatic carbocycles. The summed E-state index contributed by atoms with van der Waals surface area (Å²) in [7, 11) is 0. The number of carbonyl (C=O) groups excluding carboxylic acids is 1. The summed E-state index contributed by atoms with van der Waals surface area (Å²) in [6.07, 6.45) is 2.74. The molecule has 1 atom stereocenters. The van der Waals surface area contributed by atoms with Crippen molar-refractivity contribution < 1.29 is 29.0 Å². The minimum absolute atomic E-state index is 0.0882. The van der Waals surface area contributed by atoms with E-state index in [9.17, 15) is 9.59 Å². The van der Waals surface area contributed by atoms with Gasteiger partial charge in [-0.2, -0.15) is 5.10 Å². The Hall–Kier alpha value is -2.98. The van der Waals surface area contributed by atoms with Crippen molar-refractivity contribution in [2.45, 2.75) is 31.5 Å². The lowest BCUT2D eigenvalue weighted by atomic mass is 10.0. The van der Waals surface area contributed by atoms with Crippen molar-refractivity contribution >= 4 is 23.8 Å². The van der Waals surface area contributed by atoms with Crippen LogP contribution in [0.15, 0.2) is 34.5 Å². The highest BCUT2D eigenvalue weighted by Gasteiger charge is 2.34. The van der Waals surface area contributed by atoms with Crippen molar-refractivity contribution in [2.75, 3.05) is 46.0 Å². The van der Waals surface area contributed by atoms with Gasteiger partial charge in [-0.15, -0.1) is 0 Å². The fourth-order valence-electron chi connectivity index (χ4n) is 3.90. The van der Waals surface area contributed by atoms with Gasteiger partial charge in [0.2, 0.25) is 6.10 Å². The number of morpholine rings is 1. The maximum atomic E-state index is 12.8. The summed E-state index contributed by atoms with van der Waals surface area (Å²) < 4.78 is 10.6. The van der Waals surface area contributed by atoms with Gasteiger partial charge < -0.3 is 24.3 Å². The van der Waals surface area contributed by atoms with Crippen LogP contribution in [-0.4, -0.2) is 97.0 Å². The van der Waals surface area contributed by atoms with Gasteiger partial charge in [0.15, 0.2) is 0 Å². The average molecular weight is 444 g/mol. The third kappa shape index (κ3) is 5.83. The van der Waals surface area contributed by atoms with Gasteiger partial charge in [-0.1, -0.05) is 29.4 Å². The molecule has 2 saturated heterocycles. The predicted octanol–water partition coefficient (Wildman–Crippen LogP) is 0.938. The second-order valence-electron chi connectivity index (χ2n) is 8.00. The number of hydrogen-bond donors (Lipinski definition) is 1. The molecule has 172 valence electrons. The summed E-state index contributed by atoms with van der Waals surface area (Å²) in [4.78, 5) is 30.6. The van der Waals surface area contributed by atoms with E-state index in [1.165, 1.54) is 0 Å². The number of aliphatic carboxylic acids is 1. The second kappa shape index (κ2) is 10.6. The number of rotatable bonds is 7. The number of hydrogen-bond acceptors (Lipinski definition) is 8. The summed E-state index contributed by atoms with van der Waals surface area (Å²) in [6, 6.07) is 7.86. The first-order valence-electron chi connectivity index (χ1n) is 10.9. The highest BCUT2D eigenvalue weighted by Crippen LogP contribution is 2.21. The molecule has 1 unspecified atom stereocenters. The normalized spacial score (nSPS) is 22.1. The van der Waals surface area contributed by atoms with Gasteiger partial charge >= 0.3 is 5.97 Å². The van der Waals surface area contributed by atoms with Gasteiger partial charge in [0, 0.05) is 19.5 Å². The number of carboxylic acid groups (broad SMARTS) is 1. The topological polar surface area (TPSA) is 113 Å². The Labute approximate surface area is 186 Å². The lowest BCUT2D eigenvalue weighted by molar-refractivity contribution is -0.149. The molecule has 1 N–H and O–H groups in total. The summed E-state index contributed by atoms with van der Waals surface area (Å²) in [5, 5.41) is 19.3. The van der Waals surface area contributed by atoms with Crippen LogP contribution >= 0.6 is 0 Å². The highest BCUT2D eigenvalue weighted by atomic mass is 16.6. The Morgan fingerprint density at radius 1 is 1.16 bits per heavy atom. The third-order valence-electron chi connectivity index (χ3n) is 5.74. The number of carboxylic acids is 1. The van der Waals surface area contributed by atoms with Crippen LogP contribution in [0.25, 0.3) is 0 Å². The van der Waals surface area contributed by atoms with Crippen LogP contribution in [0.1, 0.15) is 30.4 Å². The zero-order valence-electron chi connectivity index (χ0n) is 17.9. The number of oxime groups is 1. The fraction of sp³-hybridized carbons (Fsp3) is 0.545. The van der Waals surface area contributed by atoms with E-state index < -0.39 is 12.1 Å². The molecule has 1 amide bonds. The van der Waals surface area contributed by atoms with Crippen molar-refractivity contribution in [1.29, 1.82) is 0 Å². The molecule has 3 aliphatic heterocycles. The van der Waals surface area contributed by atoms with Crippen molar-refractivity contribution in [3.63, 3.8) is 0 Å². The molecule has 0 radical (unpaired) electrons. The van der Waals surface area contributed by atoms with Gasteiger partial charge in [0.25, 0.3) is 5.91 Å². The standard InChI is InChI=1S/C22H28N4O6/c27-21(28)15-31-18-5-7-25(8-6-18)22(29)20-13-19(24-32-20)17-3-1-16(2-4-17)14-23-26-9-11-30-12-10-26/h1-4,14,18,20H,5-13,15H2,(H,27,28). The summed E-state index contributed by atoms with van der Waals surface area (Å²) in [6.45, 7) is 3.74. The molecule has 32 heavy (non-hydrogen) atoms. The van der Waals surface area contributed by atoms with Crippen LogP contribution < -0.4 is 0 Å². The average Bonchev–Trinajstić information content (AvgIpc) is 3.33. The fourth-order valence-corrected chi connectivity index (χ4v) is 3.90. The number of likely N-dealkylation sites (tertiary alicyclic amines) is 1. The molecule has 3 heterocycles. The Morgan fingerprint density at radius 3 is 2.56 bits per heavy atom. The number of benzene rings is 1. The van der Waals surface area contributed by atoms with Crippen LogP contribution in [0.4, 0.5) is 0 Å². The Bertz CT molecular complexity index is 858. The highest BCUT2D eigenvalue weighted by molar-refractivity contribution is 6.04. The molecule has 0 saturated carbocycles. The number of carbonyl (C=O) groups is 2. The minimum atomic E-state index is -0.982. The first-order chi connectivity index (χ1) is 15.6. The molecule has 10 heteroatoms. The lowest BCUT2D eigenvalue weighted by Crippen LogP contribution is -2.45. The number of nitrogens with zero attached hydrogens (tertiary/aromatic N) is 4. The molecule has 0 aliphatic carbocycles. The molecule has 10 nitrogen and oxygen atoms in total. The zero-order chi connectivity index (χ0) is 22.3. The number of amides is 1. The van der Waals surface area contributed by atoms with Gasteiger partial charge in [-0.05, 0) is 24.0 Å². The largest absolute Gasteiger partial charge is 0.480 e. The molecule has 4 rings (SSSR count). The maximum Gasteiger partial charge on any atom is 0.329 e. The predicted molar refractivity (Wildman–Crippen MR) is 116 cm³/mol. The van der Waals surface area contributed by atoms with E-state index in [2.05, 4.69) is 10.3 Å². The van der Waals surface area contributed by atoms with E-state index in [1.54, 1.807) is 4.90 Å². The maximum absolute atomic E-state index is 12.8. The van der Waals surface area contributed by atoms with Gasteiger partial charge in [0.05, 0.1) is 44.3 Å². The van der Waals surface area contributed by atoms with Crippen LogP contribution in [0.2, 0.25) is 0 Å². The lowest BCUT2D eigenvalue weighted by Gasteiger charge is -2.32. The molecule has 1 aromatic rings. The second-order valence-corrected chi connectivity index (χ2v) is 8.00. The smallest absolute Gasteiger partial charge is 0.329 e. The Morgan fingerprint density at radius 2 is 1.88 bits per heavy atom. The Balaban J connectivity index is 1.24. The van der Waals surface area contributed by atoms with Crippen LogP contribution in [0.5, 0.6) is 0 Å². The van der Waals surface area contributed by atoms with Crippen LogP contribution in [-0.2, 0) is 23.9 Å². The van der Waals surface area contributed by atoms with E-state index in [1.807, 2.05) is 35.5 Å². The van der Waals surface area contributed by atoms with E-state index >= 15 is 0 Å². The number of hydrazone groups is 1. The minimum Gasteiger partial charge on any atom is -0.480 e. The molecule has 2 fully saturated rings.